The summed E-state index contributed by atoms with van der Waals surface area (Å²) in [5.74, 6) is -0.132. The van der Waals surface area contributed by atoms with Crippen molar-refractivity contribution in [3.05, 3.63) is 42.1 Å². The minimum atomic E-state index is -0.132. The first-order valence-corrected chi connectivity index (χ1v) is 7.62. The van der Waals surface area contributed by atoms with Gasteiger partial charge in [-0.15, -0.1) is 0 Å². The Kier molecular flexibility index (Phi) is 4.98. The average molecular weight is 300 g/mol. The molecule has 116 valence electrons. The number of carbonyl (C=O) groups is 1. The summed E-state index contributed by atoms with van der Waals surface area (Å²) in [5, 5.41) is 3.92. The number of para-hydroxylation sites is 1. The lowest BCUT2D eigenvalue weighted by atomic mass is 10.2. The van der Waals surface area contributed by atoms with Gasteiger partial charge in [0.05, 0.1) is 30.5 Å². The molecule has 1 saturated heterocycles. The molecule has 5 nitrogen and oxygen atoms in total. The number of pyridine rings is 1. The molecule has 0 unspecified atom stereocenters. The van der Waals surface area contributed by atoms with E-state index in [1.54, 1.807) is 0 Å². The average Bonchev–Trinajstić information content (AvgIpc) is 3.06. The number of aromatic nitrogens is 1. The van der Waals surface area contributed by atoms with Crippen LogP contribution < -0.4 is 5.32 Å². The molecule has 0 bridgehead atoms. The van der Waals surface area contributed by atoms with E-state index < -0.39 is 0 Å². The van der Waals surface area contributed by atoms with Crippen molar-refractivity contribution in [3.8, 4) is 0 Å². The second-order valence-corrected chi connectivity index (χ2v) is 5.42. The third kappa shape index (κ3) is 4.02. The molecular formula is C17H20N2O3. The van der Waals surface area contributed by atoms with Gasteiger partial charge in [-0.25, -0.2) is 0 Å². The number of nitrogens with zero attached hydrogens (tertiary/aromatic N) is 1. The fraction of sp³-hybridized carbons (Fsp3) is 0.412. The second kappa shape index (κ2) is 7.33. The van der Waals surface area contributed by atoms with Crippen LogP contribution in [0.25, 0.3) is 10.9 Å². The number of nitrogens with one attached hydrogen (secondary N) is 1. The molecule has 3 rings (SSSR count). The summed E-state index contributed by atoms with van der Waals surface area (Å²) in [7, 11) is 0. The van der Waals surface area contributed by atoms with Gasteiger partial charge in [-0.3, -0.25) is 9.78 Å². The van der Waals surface area contributed by atoms with Crippen LogP contribution in [0.3, 0.4) is 0 Å². The van der Waals surface area contributed by atoms with Crippen molar-refractivity contribution in [3.63, 3.8) is 0 Å². The lowest BCUT2D eigenvalue weighted by molar-refractivity contribution is -0.127. The molecule has 0 spiro atoms. The van der Waals surface area contributed by atoms with E-state index >= 15 is 0 Å². The Bertz CT molecular complexity index is 639. The highest BCUT2D eigenvalue weighted by Gasteiger charge is 2.15. The lowest BCUT2D eigenvalue weighted by Crippen LogP contribution is -2.29. The Balaban J connectivity index is 1.43. The molecule has 1 aliphatic heterocycles. The van der Waals surface area contributed by atoms with Crippen molar-refractivity contribution in [2.45, 2.75) is 25.5 Å². The highest BCUT2D eigenvalue weighted by Crippen LogP contribution is 2.12. The van der Waals surface area contributed by atoms with Crippen molar-refractivity contribution >= 4 is 16.8 Å². The minimum absolute atomic E-state index is 0.0629. The molecule has 1 aromatic heterocycles. The molecule has 2 heterocycles. The molecule has 1 aromatic carbocycles. The lowest BCUT2D eigenvalue weighted by Gasteiger charge is -2.10. The van der Waals surface area contributed by atoms with Gasteiger partial charge in [-0.1, -0.05) is 24.3 Å². The van der Waals surface area contributed by atoms with Gasteiger partial charge >= 0.3 is 0 Å². The highest BCUT2D eigenvalue weighted by atomic mass is 16.5. The van der Waals surface area contributed by atoms with Crippen LogP contribution in [0.1, 0.15) is 18.5 Å². The van der Waals surface area contributed by atoms with Crippen LogP contribution >= 0.6 is 0 Å². The third-order valence-electron chi connectivity index (χ3n) is 3.68. The molecular weight excluding hydrogens is 280 g/mol. The Morgan fingerprint density at radius 1 is 1.32 bits per heavy atom. The summed E-state index contributed by atoms with van der Waals surface area (Å²) in [6.45, 7) is 1.76. The smallest absolute Gasteiger partial charge is 0.246 e. The standard InChI is InChI=1S/C17H20N2O3/c20-17(12-21-11-15-5-3-9-22-15)18-10-14-8-7-13-4-1-2-6-16(13)19-14/h1-2,4,6-8,15H,3,5,9-12H2,(H,18,20)/t15-/m0/s1. The number of ether oxygens (including phenoxy) is 2. The predicted octanol–water partition coefficient (Wildman–Crippen LogP) is 2.05. The zero-order valence-corrected chi connectivity index (χ0v) is 12.5. The number of amides is 1. The summed E-state index contributed by atoms with van der Waals surface area (Å²) >= 11 is 0. The van der Waals surface area contributed by atoms with Crippen molar-refractivity contribution in [1.82, 2.24) is 10.3 Å². The van der Waals surface area contributed by atoms with Crippen molar-refractivity contribution in [2.24, 2.45) is 0 Å². The number of hydrogen-bond acceptors (Lipinski definition) is 4. The first kappa shape index (κ1) is 14.9. The first-order valence-electron chi connectivity index (χ1n) is 7.62. The van der Waals surface area contributed by atoms with Crippen LogP contribution in [0.2, 0.25) is 0 Å². The van der Waals surface area contributed by atoms with Gasteiger partial charge in [0.15, 0.2) is 0 Å². The van der Waals surface area contributed by atoms with Gasteiger partial charge in [-0.2, -0.15) is 0 Å². The maximum atomic E-state index is 11.7. The SMILES string of the molecule is O=C(COC[C@@H]1CCCO1)NCc1ccc2ccccc2n1. The number of benzene rings is 1. The van der Waals surface area contributed by atoms with Crippen molar-refractivity contribution < 1.29 is 14.3 Å². The molecule has 1 N–H and O–H groups in total. The summed E-state index contributed by atoms with van der Waals surface area (Å²) in [6, 6.07) is 11.9. The van der Waals surface area contributed by atoms with Gasteiger partial charge in [0, 0.05) is 12.0 Å². The van der Waals surface area contributed by atoms with Gasteiger partial charge in [-0.05, 0) is 25.0 Å². The molecule has 1 amide bonds. The van der Waals surface area contributed by atoms with Crippen LogP contribution in [0.15, 0.2) is 36.4 Å². The number of hydrogen-bond donors (Lipinski definition) is 1. The Morgan fingerprint density at radius 2 is 2.23 bits per heavy atom. The predicted molar refractivity (Wildman–Crippen MR) is 83.4 cm³/mol. The van der Waals surface area contributed by atoms with E-state index in [1.165, 1.54) is 0 Å². The molecule has 5 heteroatoms. The van der Waals surface area contributed by atoms with Crippen LogP contribution in [0, 0.1) is 0 Å². The van der Waals surface area contributed by atoms with Crippen LogP contribution in [-0.2, 0) is 20.8 Å². The molecule has 1 aliphatic rings. The van der Waals surface area contributed by atoms with Crippen LogP contribution in [-0.4, -0.2) is 36.8 Å². The number of carbonyl (C=O) groups excluding carboxylic acids is 1. The molecule has 1 fully saturated rings. The summed E-state index contributed by atoms with van der Waals surface area (Å²) < 4.78 is 10.8. The largest absolute Gasteiger partial charge is 0.376 e. The fourth-order valence-electron chi connectivity index (χ4n) is 2.51. The molecule has 0 radical (unpaired) electrons. The number of rotatable bonds is 6. The maximum Gasteiger partial charge on any atom is 0.246 e. The third-order valence-corrected chi connectivity index (χ3v) is 3.68. The topological polar surface area (TPSA) is 60.5 Å². The van der Waals surface area contributed by atoms with Crippen molar-refractivity contribution in [1.29, 1.82) is 0 Å². The summed E-state index contributed by atoms with van der Waals surface area (Å²) in [5.41, 5.74) is 1.77. The molecule has 0 saturated carbocycles. The van der Waals surface area contributed by atoms with Gasteiger partial charge in [0.25, 0.3) is 0 Å². The molecule has 1 atom stereocenters. The van der Waals surface area contributed by atoms with E-state index in [4.69, 9.17) is 9.47 Å². The van der Waals surface area contributed by atoms with Crippen molar-refractivity contribution in [2.75, 3.05) is 19.8 Å². The van der Waals surface area contributed by atoms with E-state index in [1.807, 2.05) is 36.4 Å². The van der Waals surface area contributed by atoms with Gasteiger partial charge in [0.2, 0.25) is 5.91 Å². The maximum absolute atomic E-state index is 11.7. The monoisotopic (exact) mass is 300 g/mol. The Hall–Kier alpha value is -1.98. The summed E-state index contributed by atoms with van der Waals surface area (Å²) in [4.78, 5) is 16.3. The van der Waals surface area contributed by atoms with E-state index in [-0.39, 0.29) is 18.6 Å². The second-order valence-electron chi connectivity index (χ2n) is 5.42. The molecule has 22 heavy (non-hydrogen) atoms. The van der Waals surface area contributed by atoms with E-state index in [0.717, 1.165) is 36.0 Å². The normalized spacial score (nSPS) is 17.7. The molecule has 2 aromatic rings. The van der Waals surface area contributed by atoms with E-state index in [2.05, 4.69) is 10.3 Å². The fourth-order valence-corrected chi connectivity index (χ4v) is 2.51. The summed E-state index contributed by atoms with van der Waals surface area (Å²) in [6.07, 6.45) is 2.24. The Labute approximate surface area is 129 Å². The van der Waals surface area contributed by atoms with Crippen LogP contribution in [0.4, 0.5) is 0 Å². The minimum Gasteiger partial charge on any atom is -0.376 e. The van der Waals surface area contributed by atoms with Crippen LogP contribution in [0.5, 0.6) is 0 Å². The number of fused-ring (bicyclic) bond motifs is 1. The van der Waals surface area contributed by atoms with E-state index in [0.29, 0.717) is 13.2 Å². The van der Waals surface area contributed by atoms with Gasteiger partial charge in [0.1, 0.15) is 6.61 Å². The zero-order valence-electron chi connectivity index (χ0n) is 12.5. The first-order chi connectivity index (χ1) is 10.8. The van der Waals surface area contributed by atoms with Gasteiger partial charge < -0.3 is 14.8 Å². The van der Waals surface area contributed by atoms with E-state index in [9.17, 15) is 4.79 Å². The quantitative estimate of drug-likeness (QED) is 0.887. The highest BCUT2D eigenvalue weighted by molar-refractivity contribution is 5.79. The Morgan fingerprint density at radius 3 is 3.09 bits per heavy atom. The molecule has 0 aliphatic carbocycles. The zero-order chi connectivity index (χ0) is 15.2.